The maximum atomic E-state index is 11.5. The summed E-state index contributed by atoms with van der Waals surface area (Å²) < 4.78 is 0. The summed E-state index contributed by atoms with van der Waals surface area (Å²) in [5.41, 5.74) is 3.21. The molecule has 1 N–H and O–H groups in total. The lowest BCUT2D eigenvalue weighted by Crippen LogP contribution is -2.13. The van der Waals surface area contributed by atoms with Gasteiger partial charge in [-0.1, -0.05) is 12.1 Å². The zero-order chi connectivity index (χ0) is 11.3. The first-order chi connectivity index (χ1) is 7.13. The standard InChI is InChI=1S/C12H17NOS/c1-9-4-5-10(2)11(8-9)13-12(14)6-7-15-3/h4-5,8H,6-7H2,1-3H3,(H,13,14). The lowest BCUT2D eigenvalue weighted by Gasteiger charge is -2.08. The molecule has 1 aromatic carbocycles. The molecule has 3 heteroatoms. The van der Waals surface area contributed by atoms with Crippen molar-refractivity contribution in [3.8, 4) is 0 Å². The summed E-state index contributed by atoms with van der Waals surface area (Å²) in [5.74, 6) is 0.967. The molecule has 0 spiro atoms. The second kappa shape index (κ2) is 5.81. The first kappa shape index (κ1) is 12.1. The normalized spacial score (nSPS) is 10.1. The predicted octanol–water partition coefficient (Wildman–Crippen LogP) is 3.00. The smallest absolute Gasteiger partial charge is 0.225 e. The molecule has 0 atom stereocenters. The highest BCUT2D eigenvalue weighted by molar-refractivity contribution is 7.98. The molecule has 0 fully saturated rings. The van der Waals surface area contributed by atoms with Crippen LogP contribution in [0.3, 0.4) is 0 Å². The largest absolute Gasteiger partial charge is 0.326 e. The monoisotopic (exact) mass is 223 g/mol. The maximum Gasteiger partial charge on any atom is 0.225 e. The van der Waals surface area contributed by atoms with E-state index in [0.29, 0.717) is 6.42 Å². The number of aryl methyl sites for hydroxylation is 2. The van der Waals surface area contributed by atoms with Crippen molar-refractivity contribution in [1.29, 1.82) is 0 Å². The van der Waals surface area contributed by atoms with E-state index in [1.54, 1.807) is 11.8 Å². The van der Waals surface area contributed by atoms with Crippen molar-refractivity contribution in [2.24, 2.45) is 0 Å². The number of anilines is 1. The minimum absolute atomic E-state index is 0.0954. The van der Waals surface area contributed by atoms with Gasteiger partial charge < -0.3 is 5.32 Å². The van der Waals surface area contributed by atoms with Crippen LogP contribution in [0.2, 0.25) is 0 Å². The lowest BCUT2D eigenvalue weighted by molar-refractivity contribution is -0.115. The van der Waals surface area contributed by atoms with Crippen molar-refractivity contribution in [2.45, 2.75) is 20.3 Å². The highest BCUT2D eigenvalue weighted by Gasteiger charge is 2.04. The summed E-state index contributed by atoms with van der Waals surface area (Å²) in [6, 6.07) is 6.08. The first-order valence-electron chi connectivity index (χ1n) is 4.99. The van der Waals surface area contributed by atoms with Crippen LogP contribution in [-0.2, 0) is 4.79 Å². The molecule has 0 heterocycles. The van der Waals surface area contributed by atoms with Gasteiger partial charge in [0.2, 0.25) is 5.91 Å². The molecule has 0 radical (unpaired) electrons. The molecule has 0 saturated carbocycles. The zero-order valence-corrected chi connectivity index (χ0v) is 10.3. The molecule has 1 aromatic rings. The number of amides is 1. The van der Waals surface area contributed by atoms with Crippen LogP contribution >= 0.6 is 11.8 Å². The second-order valence-corrected chi connectivity index (χ2v) is 4.59. The van der Waals surface area contributed by atoms with Gasteiger partial charge in [0.25, 0.3) is 0 Å². The minimum Gasteiger partial charge on any atom is -0.326 e. The molecule has 1 rings (SSSR count). The summed E-state index contributed by atoms with van der Waals surface area (Å²) in [5, 5.41) is 2.93. The number of hydrogen-bond acceptors (Lipinski definition) is 2. The third-order valence-corrected chi connectivity index (χ3v) is 2.81. The Morgan fingerprint density at radius 1 is 1.40 bits per heavy atom. The van der Waals surface area contributed by atoms with E-state index in [0.717, 1.165) is 17.0 Å². The van der Waals surface area contributed by atoms with E-state index in [2.05, 4.69) is 5.32 Å². The fraction of sp³-hybridized carbons (Fsp3) is 0.417. The van der Waals surface area contributed by atoms with Gasteiger partial charge in [-0.2, -0.15) is 11.8 Å². The Hall–Kier alpha value is -0.960. The fourth-order valence-electron chi connectivity index (χ4n) is 1.28. The van der Waals surface area contributed by atoms with Crippen LogP contribution in [0.1, 0.15) is 17.5 Å². The molecule has 0 unspecified atom stereocenters. The van der Waals surface area contributed by atoms with Crippen LogP contribution in [0.25, 0.3) is 0 Å². The first-order valence-corrected chi connectivity index (χ1v) is 6.39. The van der Waals surface area contributed by atoms with Gasteiger partial charge in [0.05, 0.1) is 0 Å². The van der Waals surface area contributed by atoms with E-state index in [1.807, 2.05) is 38.3 Å². The Kier molecular flexibility index (Phi) is 4.69. The molecule has 15 heavy (non-hydrogen) atoms. The number of carbonyl (C=O) groups excluding carboxylic acids is 1. The van der Waals surface area contributed by atoms with Gasteiger partial charge in [-0.15, -0.1) is 0 Å². The highest BCUT2D eigenvalue weighted by atomic mass is 32.2. The van der Waals surface area contributed by atoms with E-state index in [1.165, 1.54) is 5.56 Å². The molecular weight excluding hydrogens is 206 g/mol. The summed E-state index contributed by atoms with van der Waals surface area (Å²) in [6.45, 7) is 4.03. The Balaban J connectivity index is 2.63. The van der Waals surface area contributed by atoms with E-state index in [4.69, 9.17) is 0 Å². The fourth-order valence-corrected chi connectivity index (χ4v) is 1.67. The molecule has 0 saturated heterocycles. The topological polar surface area (TPSA) is 29.1 Å². The Morgan fingerprint density at radius 3 is 2.80 bits per heavy atom. The van der Waals surface area contributed by atoms with Gasteiger partial charge in [-0.3, -0.25) is 4.79 Å². The van der Waals surface area contributed by atoms with Crippen molar-refractivity contribution >= 4 is 23.4 Å². The molecule has 1 amide bonds. The van der Waals surface area contributed by atoms with Gasteiger partial charge in [-0.25, -0.2) is 0 Å². The van der Waals surface area contributed by atoms with Crippen molar-refractivity contribution in [2.75, 3.05) is 17.3 Å². The van der Waals surface area contributed by atoms with Gasteiger partial charge in [-0.05, 0) is 37.3 Å². The average Bonchev–Trinajstić information content (AvgIpc) is 2.20. The van der Waals surface area contributed by atoms with Crippen molar-refractivity contribution in [3.05, 3.63) is 29.3 Å². The molecule has 0 aliphatic rings. The van der Waals surface area contributed by atoms with E-state index in [-0.39, 0.29) is 5.91 Å². The summed E-state index contributed by atoms with van der Waals surface area (Å²) in [4.78, 5) is 11.5. The molecule has 0 aromatic heterocycles. The maximum absolute atomic E-state index is 11.5. The third kappa shape index (κ3) is 3.96. The third-order valence-electron chi connectivity index (χ3n) is 2.20. The quantitative estimate of drug-likeness (QED) is 0.850. The van der Waals surface area contributed by atoms with Gasteiger partial charge in [0.15, 0.2) is 0 Å². The van der Waals surface area contributed by atoms with Crippen LogP contribution in [0, 0.1) is 13.8 Å². The molecule has 0 aliphatic carbocycles. The van der Waals surface area contributed by atoms with E-state index >= 15 is 0 Å². The van der Waals surface area contributed by atoms with E-state index in [9.17, 15) is 4.79 Å². The van der Waals surface area contributed by atoms with Crippen LogP contribution in [-0.4, -0.2) is 17.9 Å². The van der Waals surface area contributed by atoms with Crippen LogP contribution in [0.5, 0.6) is 0 Å². The zero-order valence-electron chi connectivity index (χ0n) is 9.46. The average molecular weight is 223 g/mol. The molecular formula is C12H17NOS. The van der Waals surface area contributed by atoms with Gasteiger partial charge >= 0.3 is 0 Å². The number of carbonyl (C=O) groups is 1. The number of nitrogens with one attached hydrogen (secondary N) is 1. The van der Waals surface area contributed by atoms with Crippen molar-refractivity contribution in [3.63, 3.8) is 0 Å². The highest BCUT2D eigenvalue weighted by Crippen LogP contribution is 2.16. The molecule has 82 valence electrons. The Bertz CT molecular complexity index is 349. The molecule has 0 bridgehead atoms. The number of rotatable bonds is 4. The minimum atomic E-state index is 0.0954. The van der Waals surface area contributed by atoms with Gasteiger partial charge in [0, 0.05) is 17.9 Å². The van der Waals surface area contributed by atoms with Gasteiger partial charge in [0.1, 0.15) is 0 Å². The van der Waals surface area contributed by atoms with Crippen LogP contribution < -0.4 is 5.32 Å². The lowest BCUT2D eigenvalue weighted by atomic mass is 10.1. The van der Waals surface area contributed by atoms with E-state index < -0.39 is 0 Å². The summed E-state index contributed by atoms with van der Waals surface area (Å²) in [6.07, 6.45) is 2.58. The van der Waals surface area contributed by atoms with Crippen LogP contribution in [0.15, 0.2) is 18.2 Å². The summed E-state index contributed by atoms with van der Waals surface area (Å²) in [7, 11) is 0. The van der Waals surface area contributed by atoms with Crippen molar-refractivity contribution < 1.29 is 4.79 Å². The SMILES string of the molecule is CSCCC(=O)Nc1cc(C)ccc1C. The molecule has 0 aliphatic heterocycles. The Labute approximate surface area is 95.5 Å². The number of thioether (sulfide) groups is 1. The Morgan fingerprint density at radius 2 is 2.13 bits per heavy atom. The van der Waals surface area contributed by atoms with Crippen LogP contribution in [0.4, 0.5) is 5.69 Å². The summed E-state index contributed by atoms with van der Waals surface area (Å²) >= 11 is 1.69. The van der Waals surface area contributed by atoms with Crippen molar-refractivity contribution in [1.82, 2.24) is 0 Å². The predicted molar refractivity (Wildman–Crippen MR) is 67.5 cm³/mol. The second-order valence-electron chi connectivity index (χ2n) is 3.61. The molecule has 2 nitrogen and oxygen atoms in total. The number of hydrogen-bond donors (Lipinski definition) is 1. The number of benzene rings is 1.